The van der Waals surface area contributed by atoms with Gasteiger partial charge in [0.2, 0.25) is 0 Å². The molecule has 5 atom stereocenters. The molecule has 136 valence electrons. The Morgan fingerprint density at radius 1 is 1.33 bits per heavy atom. The van der Waals surface area contributed by atoms with Crippen LogP contribution in [0.3, 0.4) is 0 Å². The molecule has 0 heterocycles. The molecule has 0 unspecified atom stereocenters. The van der Waals surface area contributed by atoms with Crippen molar-refractivity contribution in [3.63, 3.8) is 0 Å². The summed E-state index contributed by atoms with van der Waals surface area (Å²) < 4.78 is 0. The predicted molar refractivity (Wildman–Crippen MR) is 94.5 cm³/mol. The number of fused-ring (bicyclic) bond motifs is 1. The molecule has 0 aromatic heterocycles. The van der Waals surface area contributed by atoms with Gasteiger partial charge in [-0.3, -0.25) is 0 Å². The minimum atomic E-state index is -0.896. The lowest BCUT2D eigenvalue weighted by atomic mass is 9.50. The van der Waals surface area contributed by atoms with E-state index in [4.69, 9.17) is 5.11 Å². The van der Waals surface area contributed by atoms with E-state index in [-0.39, 0.29) is 11.3 Å². The monoisotopic (exact) mass is 336 g/mol. The summed E-state index contributed by atoms with van der Waals surface area (Å²) in [6, 6.07) is 0. The first-order chi connectivity index (χ1) is 11.0. The van der Waals surface area contributed by atoms with Gasteiger partial charge in [-0.15, -0.1) is 0 Å². The van der Waals surface area contributed by atoms with E-state index in [0.717, 1.165) is 24.8 Å². The smallest absolute Gasteiger partial charge is 0.328 e. The molecule has 0 saturated heterocycles. The highest BCUT2D eigenvalue weighted by molar-refractivity contribution is 5.80. The van der Waals surface area contributed by atoms with Crippen LogP contribution >= 0.6 is 0 Å². The minimum Gasteiger partial charge on any atom is -0.478 e. The number of allylic oxidation sites excluding steroid dienone is 2. The van der Waals surface area contributed by atoms with Gasteiger partial charge in [-0.1, -0.05) is 44.9 Å². The summed E-state index contributed by atoms with van der Waals surface area (Å²) in [5.74, 6) is -0.207. The number of carboxylic acid groups (broad SMARTS) is 1. The largest absolute Gasteiger partial charge is 0.478 e. The Morgan fingerprint density at radius 3 is 2.54 bits per heavy atom. The van der Waals surface area contributed by atoms with Gasteiger partial charge in [0.25, 0.3) is 0 Å². The molecule has 3 N–H and O–H groups in total. The molecule has 0 aliphatic heterocycles. The van der Waals surface area contributed by atoms with Crippen molar-refractivity contribution in [3.05, 3.63) is 23.3 Å². The number of aliphatic hydroxyl groups is 2. The molecule has 2 aliphatic carbocycles. The van der Waals surface area contributed by atoms with Crippen LogP contribution in [0, 0.1) is 22.7 Å². The molecule has 1 saturated carbocycles. The fourth-order valence-electron chi connectivity index (χ4n) is 4.71. The highest BCUT2D eigenvalue weighted by Crippen LogP contribution is 2.58. The summed E-state index contributed by atoms with van der Waals surface area (Å²) in [6.07, 6.45) is 5.31. The van der Waals surface area contributed by atoms with Gasteiger partial charge in [0.15, 0.2) is 0 Å². The first-order valence-electron chi connectivity index (χ1n) is 8.97. The molecule has 0 bridgehead atoms. The maximum Gasteiger partial charge on any atom is 0.328 e. The number of aliphatic carboxylic acids is 1. The second-order valence-electron chi connectivity index (χ2n) is 8.65. The molecule has 4 heteroatoms. The first-order valence-corrected chi connectivity index (χ1v) is 8.97. The molecule has 0 aromatic carbocycles. The van der Waals surface area contributed by atoms with Crippen molar-refractivity contribution in [3.8, 4) is 0 Å². The zero-order chi connectivity index (χ0) is 18.3. The maximum atomic E-state index is 10.9. The lowest BCUT2D eigenvalue weighted by molar-refractivity contribution is -0.131. The van der Waals surface area contributed by atoms with Crippen LogP contribution in [0.1, 0.15) is 60.3 Å². The van der Waals surface area contributed by atoms with Crippen molar-refractivity contribution in [2.45, 2.75) is 72.5 Å². The Balaban J connectivity index is 2.29. The van der Waals surface area contributed by atoms with Gasteiger partial charge in [0.1, 0.15) is 0 Å². The molecular weight excluding hydrogens is 304 g/mol. The van der Waals surface area contributed by atoms with Crippen molar-refractivity contribution in [1.82, 2.24) is 0 Å². The quantitative estimate of drug-likeness (QED) is 0.542. The topological polar surface area (TPSA) is 77.8 Å². The van der Waals surface area contributed by atoms with Gasteiger partial charge in [0, 0.05) is 11.5 Å². The highest BCUT2D eigenvalue weighted by Gasteiger charge is 2.53. The van der Waals surface area contributed by atoms with E-state index in [1.807, 2.05) is 20.8 Å². The molecule has 4 nitrogen and oxygen atoms in total. The van der Waals surface area contributed by atoms with E-state index in [2.05, 4.69) is 19.9 Å². The predicted octanol–water partition coefficient (Wildman–Crippen LogP) is 3.54. The van der Waals surface area contributed by atoms with E-state index in [1.54, 1.807) is 0 Å². The van der Waals surface area contributed by atoms with Crippen LogP contribution in [0.2, 0.25) is 0 Å². The van der Waals surface area contributed by atoms with Crippen LogP contribution in [-0.2, 0) is 4.79 Å². The molecule has 1 fully saturated rings. The van der Waals surface area contributed by atoms with Crippen LogP contribution in [0.4, 0.5) is 0 Å². The van der Waals surface area contributed by atoms with Gasteiger partial charge in [-0.05, 0) is 49.9 Å². The van der Waals surface area contributed by atoms with Crippen LogP contribution < -0.4 is 0 Å². The Hall–Kier alpha value is -1.13. The van der Waals surface area contributed by atoms with Gasteiger partial charge in [0.05, 0.1) is 12.2 Å². The summed E-state index contributed by atoms with van der Waals surface area (Å²) in [6.45, 7) is 10.4. The molecule has 0 spiro atoms. The number of carbonyl (C=O) groups is 1. The highest BCUT2D eigenvalue weighted by atomic mass is 16.4. The summed E-state index contributed by atoms with van der Waals surface area (Å²) in [7, 11) is 0. The van der Waals surface area contributed by atoms with Gasteiger partial charge in [-0.2, -0.15) is 0 Å². The van der Waals surface area contributed by atoms with Crippen LogP contribution in [-0.4, -0.2) is 33.5 Å². The van der Waals surface area contributed by atoms with Crippen molar-refractivity contribution in [2.75, 3.05) is 0 Å². The van der Waals surface area contributed by atoms with Crippen molar-refractivity contribution < 1.29 is 20.1 Å². The second kappa shape index (κ2) is 6.64. The van der Waals surface area contributed by atoms with Crippen molar-refractivity contribution >= 4 is 5.97 Å². The van der Waals surface area contributed by atoms with Crippen molar-refractivity contribution in [1.29, 1.82) is 0 Å². The minimum absolute atomic E-state index is 0.00389. The summed E-state index contributed by atoms with van der Waals surface area (Å²) in [5.41, 5.74) is 1.72. The van der Waals surface area contributed by atoms with Gasteiger partial charge in [-0.25, -0.2) is 4.79 Å². The van der Waals surface area contributed by atoms with E-state index in [1.165, 1.54) is 11.6 Å². The molecule has 0 radical (unpaired) electrons. The lowest BCUT2D eigenvalue weighted by Gasteiger charge is -2.55. The molecular formula is C20H32O4. The molecule has 0 amide bonds. The number of carboxylic acids is 1. The lowest BCUT2D eigenvalue weighted by Crippen LogP contribution is -2.54. The first kappa shape index (κ1) is 19.2. The number of rotatable bonds is 4. The molecule has 2 aliphatic rings. The van der Waals surface area contributed by atoms with Crippen LogP contribution in [0.15, 0.2) is 23.3 Å². The van der Waals surface area contributed by atoms with Crippen LogP contribution in [0.5, 0.6) is 0 Å². The van der Waals surface area contributed by atoms with Crippen molar-refractivity contribution in [2.24, 2.45) is 22.7 Å². The summed E-state index contributed by atoms with van der Waals surface area (Å²) in [5, 5.41) is 29.7. The SMILES string of the molecule is C/C(=C/C(=O)O)CC[C@@]1(C)[C@H](C)CC=C2[C@@H]1C[C@@H](O)[C@@H](O)C2(C)C. The standard InChI is InChI=1S/C20H32O4/c1-12(10-17(22)23)8-9-20(5)13(2)6-7-14-15(20)11-16(21)18(24)19(14,3)4/h7,10,13,15-16,18,21,24H,6,8-9,11H2,1-5H3,(H,22,23)/b12-10-/t13-,15+,16-,18-,20+/m1/s1. The molecule has 24 heavy (non-hydrogen) atoms. The molecule has 0 aromatic rings. The van der Waals surface area contributed by atoms with Crippen LogP contribution in [0.25, 0.3) is 0 Å². The fourth-order valence-corrected chi connectivity index (χ4v) is 4.71. The maximum absolute atomic E-state index is 10.9. The third kappa shape index (κ3) is 3.31. The Kier molecular flexibility index (Phi) is 5.31. The molecule has 2 rings (SSSR count). The van der Waals surface area contributed by atoms with E-state index < -0.39 is 23.6 Å². The summed E-state index contributed by atoms with van der Waals surface area (Å²) >= 11 is 0. The Labute approximate surface area is 145 Å². The van der Waals surface area contributed by atoms with E-state index in [0.29, 0.717) is 12.3 Å². The average Bonchev–Trinajstić information content (AvgIpc) is 2.47. The number of hydrogen-bond donors (Lipinski definition) is 3. The number of aliphatic hydroxyl groups excluding tert-OH is 2. The second-order valence-corrected chi connectivity index (χ2v) is 8.65. The zero-order valence-electron chi connectivity index (χ0n) is 15.5. The Morgan fingerprint density at radius 2 is 1.96 bits per heavy atom. The third-order valence-corrected chi connectivity index (χ3v) is 6.74. The third-order valence-electron chi connectivity index (χ3n) is 6.74. The average molecular weight is 336 g/mol. The van der Waals surface area contributed by atoms with E-state index in [9.17, 15) is 15.0 Å². The number of hydrogen-bond acceptors (Lipinski definition) is 3. The zero-order valence-corrected chi connectivity index (χ0v) is 15.5. The van der Waals surface area contributed by atoms with E-state index >= 15 is 0 Å². The normalized spacial score (nSPS) is 39.1. The Bertz CT molecular complexity index is 560. The van der Waals surface area contributed by atoms with Gasteiger partial charge >= 0.3 is 5.97 Å². The fraction of sp³-hybridized carbons (Fsp3) is 0.750. The van der Waals surface area contributed by atoms with Gasteiger partial charge < -0.3 is 15.3 Å². The summed E-state index contributed by atoms with van der Waals surface area (Å²) in [4.78, 5) is 10.9.